The van der Waals surface area contributed by atoms with Gasteiger partial charge in [-0.2, -0.15) is 0 Å². The van der Waals surface area contributed by atoms with Crippen LogP contribution in [0.15, 0.2) is 25.3 Å². The molecule has 3 rings (SSSR count). The molecule has 0 aromatic rings. The minimum absolute atomic E-state index is 0.0397. The van der Waals surface area contributed by atoms with Crippen LogP contribution in [-0.4, -0.2) is 81.8 Å². The molecule has 8 nitrogen and oxygen atoms in total. The summed E-state index contributed by atoms with van der Waals surface area (Å²) in [6.45, 7) is 17.1. The number of likely N-dealkylation sites (tertiary alicyclic amines) is 1. The van der Waals surface area contributed by atoms with Gasteiger partial charge in [0.1, 0.15) is 24.2 Å². The van der Waals surface area contributed by atoms with E-state index in [0.717, 1.165) is 6.42 Å². The average Bonchev–Trinajstić information content (AvgIpc) is 3.36. The molecule has 8 heteroatoms. The summed E-state index contributed by atoms with van der Waals surface area (Å²) in [5, 5.41) is 10.4. The van der Waals surface area contributed by atoms with Gasteiger partial charge in [0.25, 0.3) is 0 Å². The summed E-state index contributed by atoms with van der Waals surface area (Å²) < 4.78 is 12.0. The highest BCUT2D eigenvalue weighted by Gasteiger charge is 2.79. The van der Waals surface area contributed by atoms with Crippen molar-refractivity contribution >= 4 is 17.8 Å². The van der Waals surface area contributed by atoms with E-state index in [1.807, 2.05) is 34.6 Å². The van der Waals surface area contributed by atoms with E-state index in [0.29, 0.717) is 19.4 Å². The summed E-state index contributed by atoms with van der Waals surface area (Å²) in [6, 6.07) is -1.63. The molecule has 0 radical (unpaired) electrons. The van der Waals surface area contributed by atoms with Gasteiger partial charge in [-0.1, -0.05) is 39.0 Å². The number of aliphatic hydroxyl groups excluding tert-OH is 1. The Balaban J connectivity index is 2.15. The zero-order valence-electron chi connectivity index (χ0n) is 21.2. The van der Waals surface area contributed by atoms with E-state index < -0.39 is 41.1 Å². The molecule has 0 aliphatic carbocycles. The van der Waals surface area contributed by atoms with Crippen molar-refractivity contribution in [3.8, 4) is 0 Å². The first-order valence-electron chi connectivity index (χ1n) is 12.4. The van der Waals surface area contributed by atoms with Crippen LogP contribution in [0.1, 0.15) is 53.9 Å². The monoisotopic (exact) mass is 476 g/mol. The lowest BCUT2D eigenvalue weighted by molar-refractivity contribution is -0.162. The summed E-state index contributed by atoms with van der Waals surface area (Å²) in [5.74, 6) is -2.78. The van der Waals surface area contributed by atoms with E-state index in [4.69, 9.17) is 9.47 Å². The molecule has 3 aliphatic heterocycles. The van der Waals surface area contributed by atoms with Crippen LogP contribution in [0.2, 0.25) is 0 Å². The smallest absolute Gasteiger partial charge is 0.313 e. The van der Waals surface area contributed by atoms with Crippen LogP contribution in [0.25, 0.3) is 0 Å². The number of amides is 2. The number of rotatable bonds is 11. The minimum Gasteiger partial charge on any atom is -0.461 e. The van der Waals surface area contributed by atoms with Gasteiger partial charge in [0.2, 0.25) is 11.8 Å². The van der Waals surface area contributed by atoms with Gasteiger partial charge in [0.05, 0.1) is 24.2 Å². The van der Waals surface area contributed by atoms with Gasteiger partial charge < -0.3 is 24.4 Å². The van der Waals surface area contributed by atoms with Crippen LogP contribution in [0.4, 0.5) is 0 Å². The van der Waals surface area contributed by atoms with Gasteiger partial charge in [0, 0.05) is 12.6 Å². The van der Waals surface area contributed by atoms with Gasteiger partial charge >= 0.3 is 5.97 Å². The van der Waals surface area contributed by atoms with E-state index in [2.05, 4.69) is 13.2 Å². The second-order valence-electron chi connectivity index (χ2n) is 10.4. The standard InChI is InChI=1S/C26H40N2O6/c1-8-13-27(16(4)5)23(31)21-26-12-11-25(7,34-26)20(24(32)33-14-9-2)19(26)22(30)28(21)18(15-29)17(6)10-3/h8-9,16-21,29H,1-2,10-15H2,3-7H3/t17-,18-,19-,20+,21?,25-,26?/m0/s1. The van der Waals surface area contributed by atoms with Crippen molar-refractivity contribution in [3.63, 3.8) is 0 Å². The van der Waals surface area contributed by atoms with Crippen molar-refractivity contribution in [1.82, 2.24) is 9.80 Å². The Morgan fingerprint density at radius 1 is 1.29 bits per heavy atom. The van der Waals surface area contributed by atoms with Crippen molar-refractivity contribution in [2.24, 2.45) is 17.8 Å². The molecular weight excluding hydrogens is 436 g/mol. The summed E-state index contributed by atoms with van der Waals surface area (Å²) in [6.07, 6.45) is 4.89. The molecule has 1 N–H and O–H groups in total. The molecule has 2 bridgehead atoms. The second kappa shape index (κ2) is 9.82. The van der Waals surface area contributed by atoms with Gasteiger partial charge in [-0.25, -0.2) is 0 Å². The molecule has 0 aromatic heterocycles. The predicted molar refractivity (Wildman–Crippen MR) is 128 cm³/mol. The maximum atomic E-state index is 14.1. The maximum Gasteiger partial charge on any atom is 0.313 e. The highest BCUT2D eigenvalue weighted by Crippen LogP contribution is 2.64. The Hall–Kier alpha value is -2.19. The van der Waals surface area contributed by atoms with Crippen molar-refractivity contribution in [2.45, 2.75) is 83.2 Å². The van der Waals surface area contributed by atoms with Crippen LogP contribution in [0.3, 0.4) is 0 Å². The first-order valence-corrected chi connectivity index (χ1v) is 12.4. The topological polar surface area (TPSA) is 96.4 Å². The number of aliphatic hydroxyl groups is 1. The van der Waals surface area contributed by atoms with Crippen LogP contribution in [0, 0.1) is 17.8 Å². The molecule has 3 fully saturated rings. The lowest BCUT2D eigenvalue weighted by Crippen LogP contribution is -2.60. The number of ether oxygens (including phenoxy) is 2. The van der Waals surface area contributed by atoms with Crippen LogP contribution < -0.4 is 0 Å². The number of carbonyl (C=O) groups excluding carboxylic acids is 3. The Bertz CT molecular complexity index is 843. The van der Waals surface area contributed by atoms with Crippen molar-refractivity contribution in [2.75, 3.05) is 19.8 Å². The maximum absolute atomic E-state index is 14.1. The summed E-state index contributed by atoms with van der Waals surface area (Å²) in [5.41, 5.74) is -2.04. The molecule has 3 aliphatic rings. The number of hydrogen-bond acceptors (Lipinski definition) is 6. The fraction of sp³-hybridized carbons (Fsp3) is 0.731. The van der Waals surface area contributed by atoms with Crippen molar-refractivity contribution in [1.29, 1.82) is 0 Å². The predicted octanol–water partition coefficient (Wildman–Crippen LogP) is 2.31. The van der Waals surface area contributed by atoms with E-state index >= 15 is 0 Å². The van der Waals surface area contributed by atoms with Crippen molar-refractivity contribution in [3.05, 3.63) is 25.3 Å². The van der Waals surface area contributed by atoms with Crippen LogP contribution in [0.5, 0.6) is 0 Å². The molecule has 3 saturated heterocycles. The molecule has 34 heavy (non-hydrogen) atoms. The van der Waals surface area contributed by atoms with Gasteiger partial charge in [0.15, 0.2) is 0 Å². The lowest BCUT2D eigenvalue weighted by Gasteiger charge is -2.42. The highest BCUT2D eigenvalue weighted by molar-refractivity contribution is 5.98. The quantitative estimate of drug-likeness (QED) is 0.363. The first-order chi connectivity index (χ1) is 16.0. The zero-order chi connectivity index (χ0) is 25.4. The van der Waals surface area contributed by atoms with Gasteiger partial charge in [-0.05, 0) is 39.5 Å². The molecule has 190 valence electrons. The van der Waals surface area contributed by atoms with Crippen LogP contribution >= 0.6 is 0 Å². The third kappa shape index (κ3) is 3.88. The fourth-order valence-corrected chi connectivity index (χ4v) is 6.25. The zero-order valence-corrected chi connectivity index (χ0v) is 21.2. The van der Waals surface area contributed by atoms with E-state index in [-0.39, 0.29) is 37.0 Å². The first kappa shape index (κ1) is 26.4. The van der Waals surface area contributed by atoms with Crippen LogP contribution in [-0.2, 0) is 23.9 Å². The molecule has 0 aromatic carbocycles. The van der Waals surface area contributed by atoms with E-state index in [1.165, 1.54) is 11.0 Å². The number of esters is 1. The average molecular weight is 477 g/mol. The third-order valence-corrected chi connectivity index (χ3v) is 8.12. The molecular formula is C26H40N2O6. The third-order valence-electron chi connectivity index (χ3n) is 8.12. The molecule has 0 saturated carbocycles. The second-order valence-corrected chi connectivity index (χ2v) is 10.4. The number of carbonyl (C=O) groups is 3. The Morgan fingerprint density at radius 2 is 1.97 bits per heavy atom. The fourth-order valence-electron chi connectivity index (χ4n) is 6.25. The lowest BCUT2D eigenvalue weighted by atomic mass is 9.66. The van der Waals surface area contributed by atoms with Gasteiger partial charge in [-0.3, -0.25) is 14.4 Å². The van der Waals surface area contributed by atoms with E-state index in [9.17, 15) is 19.5 Å². The Kier molecular flexibility index (Phi) is 7.63. The highest BCUT2D eigenvalue weighted by atomic mass is 16.6. The number of nitrogens with zero attached hydrogens (tertiary/aromatic N) is 2. The Morgan fingerprint density at radius 3 is 2.50 bits per heavy atom. The normalized spacial score (nSPS) is 33.6. The number of hydrogen-bond donors (Lipinski definition) is 1. The summed E-state index contributed by atoms with van der Waals surface area (Å²) in [7, 11) is 0. The Labute approximate surface area is 202 Å². The molecule has 7 atom stereocenters. The number of fused-ring (bicyclic) bond motifs is 1. The molecule has 3 heterocycles. The summed E-state index contributed by atoms with van der Waals surface area (Å²) >= 11 is 0. The SMILES string of the molecule is C=CCOC(=O)[C@H]1[C@H]2C(=O)N([C@@H](CO)[C@@H](C)CC)C(C(=O)N(CC=C)C(C)C)C23CC[C@]1(C)O3. The largest absolute Gasteiger partial charge is 0.461 e. The summed E-state index contributed by atoms with van der Waals surface area (Å²) in [4.78, 5) is 44.6. The molecule has 2 amide bonds. The van der Waals surface area contributed by atoms with E-state index in [1.54, 1.807) is 11.0 Å². The van der Waals surface area contributed by atoms with Gasteiger partial charge in [-0.15, -0.1) is 6.58 Å². The van der Waals surface area contributed by atoms with Crippen molar-refractivity contribution < 1.29 is 29.0 Å². The molecule has 2 unspecified atom stereocenters. The molecule has 1 spiro atoms. The minimum atomic E-state index is -1.14.